The molecule has 1 aromatic carbocycles. The maximum atomic E-state index is 10.2. The minimum absolute atomic E-state index is 0.492. The molecule has 0 aliphatic heterocycles. The van der Waals surface area contributed by atoms with Crippen LogP contribution >= 0.6 is 0 Å². The smallest absolute Gasteiger partial charge is 0.106 e. The van der Waals surface area contributed by atoms with Gasteiger partial charge in [0.25, 0.3) is 0 Å². The lowest BCUT2D eigenvalue weighted by Gasteiger charge is -2.14. The molecular weight excluding hydrogens is 212 g/mol. The molecule has 90 valence electrons. The van der Waals surface area contributed by atoms with Gasteiger partial charge in [0.1, 0.15) is 5.76 Å². The molecular formula is C15H18O2. The maximum Gasteiger partial charge on any atom is 0.106 e. The zero-order chi connectivity index (χ0) is 12.4. The van der Waals surface area contributed by atoms with Gasteiger partial charge in [-0.3, -0.25) is 0 Å². The van der Waals surface area contributed by atoms with E-state index in [-0.39, 0.29) is 0 Å². The van der Waals surface area contributed by atoms with Crippen LogP contribution < -0.4 is 0 Å². The maximum absolute atomic E-state index is 10.2. The summed E-state index contributed by atoms with van der Waals surface area (Å²) in [7, 11) is 0. The molecule has 1 aromatic heterocycles. The van der Waals surface area contributed by atoms with Crippen molar-refractivity contribution >= 4 is 0 Å². The SMILES string of the molecule is Cc1cccc(C)c1CC(O)c1ccoc1C. The van der Waals surface area contributed by atoms with Gasteiger partial charge in [0.05, 0.1) is 12.4 Å². The molecule has 1 heterocycles. The van der Waals surface area contributed by atoms with Crippen LogP contribution in [0, 0.1) is 20.8 Å². The largest absolute Gasteiger partial charge is 0.469 e. The number of aliphatic hydroxyl groups excluding tert-OH is 1. The van der Waals surface area contributed by atoms with Crippen LogP contribution in [0.15, 0.2) is 34.9 Å². The molecule has 0 aliphatic rings. The van der Waals surface area contributed by atoms with E-state index in [4.69, 9.17) is 4.42 Å². The monoisotopic (exact) mass is 230 g/mol. The Balaban J connectivity index is 2.25. The lowest BCUT2D eigenvalue weighted by atomic mass is 9.95. The van der Waals surface area contributed by atoms with Crippen molar-refractivity contribution in [3.8, 4) is 0 Å². The van der Waals surface area contributed by atoms with Crippen LogP contribution in [0.25, 0.3) is 0 Å². The molecule has 0 radical (unpaired) electrons. The summed E-state index contributed by atoms with van der Waals surface area (Å²) in [6.45, 7) is 6.04. The number of hydrogen-bond acceptors (Lipinski definition) is 2. The minimum atomic E-state index is -0.492. The summed E-state index contributed by atoms with van der Waals surface area (Å²) >= 11 is 0. The van der Waals surface area contributed by atoms with Gasteiger partial charge < -0.3 is 9.52 Å². The highest BCUT2D eigenvalue weighted by molar-refractivity contribution is 5.35. The van der Waals surface area contributed by atoms with E-state index in [0.717, 1.165) is 11.3 Å². The summed E-state index contributed by atoms with van der Waals surface area (Å²) in [6.07, 6.45) is 1.77. The Labute approximate surface area is 102 Å². The van der Waals surface area contributed by atoms with Crippen LogP contribution in [-0.4, -0.2) is 5.11 Å². The molecule has 0 amide bonds. The number of hydrogen-bond donors (Lipinski definition) is 1. The van der Waals surface area contributed by atoms with Crippen LogP contribution in [0.2, 0.25) is 0 Å². The van der Waals surface area contributed by atoms with Gasteiger partial charge in [-0.05, 0) is 43.5 Å². The van der Waals surface area contributed by atoms with Crippen LogP contribution in [0.4, 0.5) is 0 Å². The Morgan fingerprint density at radius 3 is 2.29 bits per heavy atom. The van der Waals surface area contributed by atoms with E-state index in [1.165, 1.54) is 16.7 Å². The Hall–Kier alpha value is -1.54. The Morgan fingerprint density at radius 1 is 1.12 bits per heavy atom. The second kappa shape index (κ2) is 4.76. The van der Waals surface area contributed by atoms with Gasteiger partial charge in [0, 0.05) is 12.0 Å². The van der Waals surface area contributed by atoms with Crippen molar-refractivity contribution in [1.29, 1.82) is 0 Å². The molecule has 0 saturated heterocycles. The molecule has 2 nitrogen and oxygen atoms in total. The second-order valence-corrected chi connectivity index (χ2v) is 4.52. The van der Waals surface area contributed by atoms with Crippen molar-refractivity contribution in [2.45, 2.75) is 33.3 Å². The number of benzene rings is 1. The van der Waals surface area contributed by atoms with Gasteiger partial charge in [-0.15, -0.1) is 0 Å². The zero-order valence-electron chi connectivity index (χ0n) is 10.5. The van der Waals surface area contributed by atoms with Crippen LogP contribution in [-0.2, 0) is 6.42 Å². The van der Waals surface area contributed by atoms with Gasteiger partial charge >= 0.3 is 0 Å². The van der Waals surface area contributed by atoms with Crippen molar-refractivity contribution in [3.63, 3.8) is 0 Å². The fourth-order valence-corrected chi connectivity index (χ4v) is 2.21. The number of aliphatic hydroxyl groups is 1. The molecule has 1 N–H and O–H groups in total. The highest BCUT2D eigenvalue weighted by atomic mass is 16.3. The van der Waals surface area contributed by atoms with Crippen LogP contribution in [0.3, 0.4) is 0 Å². The van der Waals surface area contributed by atoms with Crippen molar-refractivity contribution in [1.82, 2.24) is 0 Å². The van der Waals surface area contributed by atoms with Crippen LogP contribution in [0.1, 0.15) is 34.1 Å². The number of furan rings is 1. The molecule has 2 aromatic rings. The third-order valence-corrected chi connectivity index (χ3v) is 3.30. The first-order chi connectivity index (χ1) is 8.09. The van der Waals surface area contributed by atoms with E-state index < -0.39 is 6.10 Å². The molecule has 1 unspecified atom stereocenters. The number of aryl methyl sites for hydroxylation is 3. The van der Waals surface area contributed by atoms with E-state index >= 15 is 0 Å². The quantitative estimate of drug-likeness (QED) is 0.875. The highest BCUT2D eigenvalue weighted by Gasteiger charge is 2.15. The summed E-state index contributed by atoms with van der Waals surface area (Å²) in [4.78, 5) is 0. The highest BCUT2D eigenvalue weighted by Crippen LogP contribution is 2.25. The van der Waals surface area contributed by atoms with Gasteiger partial charge in [0.2, 0.25) is 0 Å². The van der Waals surface area contributed by atoms with E-state index in [9.17, 15) is 5.11 Å². The second-order valence-electron chi connectivity index (χ2n) is 4.52. The molecule has 0 fully saturated rings. The lowest BCUT2D eigenvalue weighted by molar-refractivity contribution is 0.176. The fraction of sp³-hybridized carbons (Fsp3) is 0.333. The minimum Gasteiger partial charge on any atom is -0.469 e. The Kier molecular flexibility index (Phi) is 3.34. The predicted octanol–water partition coefficient (Wildman–Crippen LogP) is 3.48. The van der Waals surface area contributed by atoms with Gasteiger partial charge in [0.15, 0.2) is 0 Å². The molecule has 1 atom stereocenters. The van der Waals surface area contributed by atoms with Gasteiger partial charge in [-0.25, -0.2) is 0 Å². The molecule has 0 aliphatic carbocycles. The lowest BCUT2D eigenvalue weighted by Crippen LogP contribution is -2.05. The first-order valence-corrected chi connectivity index (χ1v) is 5.86. The summed E-state index contributed by atoms with van der Waals surface area (Å²) < 4.78 is 5.22. The van der Waals surface area contributed by atoms with E-state index in [1.54, 1.807) is 6.26 Å². The van der Waals surface area contributed by atoms with E-state index in [2.05, 4.69) is 26.0 Å². The Bertz CT molecular complexity index is 491. The number of rotatable bonds is 3. The van der Waals surface area contributed by atoms with Gasteiger partial charge in [-0.1, -0.05) is 18.2 Å². The predicted molar refractivity (Wildman–Crippen MR) is 68.0 cm³/mol. The molecule has 2 rings (SSSR count). The molecule has 2 heteroatoms. The first-order valence-electron chi connectivity index (χ1n) is 5.86. The Morgan fingerprint density at radius 2 is 1.76 bits per heavy atom. The summed E-state index contributed by atoms with van der Waals surface area (Å²) in [6, 6.07) is 8.05. The van der Waals surface area contributed by atoms with Crippen molar-refractivity contribution in [2.75, 3.05) is 0 Å². The standard InChI is InChI=1S/C15H18O2/c1-10-5-4-6-11(2)14(10)9-15(16)13-7-8-17-12(13)3/h4-8,15-16H,9H2,1-3H3. The fourth-order valence-electron chi connectivity index (χ4n) is 2.21. The average Bonchev–Trinajstić information content (AvgIpc) is 2.70. The zero-order valence-corrected chi connectivity index (χ0v) is 10.5. The molecule has 0 spiro atoms. The third kappa shape index (κ3) is 2.42. The van der Waals surface area contributed by atoms with Crippen molar-refractivity contribution < 1.29 is 9.52 Å². The molecule has 0 saturated carbocycles. The topological polar surface area (TPSA) is 33.4 Å². The van der Waals surface area contributed by atoms with Crippen LogP contribution in [0.5, 0.6) is 0 Å². The third-order valence-electron chi connectivity index (χ3n) is 3.30. The first kappa shape index (κ1) is 11.9. The summed E-state index contributed by atoms with van der Waals surface area (Å²) in [5, 5.41) is 10.2. The van der Waals surface area contributed by atoms with Crippen molar-refractivity contribution in [3.05, 3.63) is 58.5 Å². The van der Waals surface area contributed by atoms with Gasteiger partial charge in [-0.2, -0.15) is 0 Å². The van der Waals surface area contributed by atoms with E-state index in [0.29, 0.717) is 6.42 Å². The molecule has 0 bridgehead atoms. The average molecular weight is 230 g/mol. The van der Waals surface area contributed by atoms with Crippen molar-refractivity contribution in [2.24, 2.45) is 0 Å². The van der Waals surface area contributed by atoms with E-state index in [1.807, 2.05) is 19.1 Å². The molecule has 17 heavy (non-hydrogen) atoms. The normalized spacial score (nSPS) is 12.7. The summed E-state index contributed by atoms with van der Waals surface area (Å²) in [5.74, 6) is 0.795. The summed E-state index contributed by atoms with van der Waals surface area (Å²) in [5.41, 5.74) is 4.56.